The van der Waals surface area contributed by atoms with Gasteiger partial charge in [0.2, 0.25) is 10.0 Å². The Hall–Kier alpha value is -2.18. The van der Waals surface area contributed by atoms with Gasteiger partial charge in [0.1, 0.15) is 0 Å². The molecule has 0 saturated carbocycles. The fourth-order valence-corrected chi connectivity index (χ4v) is 4.60. The Morgan fingerprint density at radius 2 is 1.88 bits per heavy atom. The predicted molar refractivity (Wildman–Crippen MR) is 101 cm³/mol. The van der Waals surface area contributed by atoms with E-state index in [4.69, 9.17) is 0 Å². The fourth-order valence-electron chi connectivity index (χ4n) is 3.19. The van der Waals surface area contributed by atoms with Crippen LogP contribution in [0.1, 0.15) is 47.8 Å². The van der Waals surface area contributed by atoms with Gasteiger partial charge >= 0.3 is 0 Å². The summed E-state index contributed by atoms with van der Waals surface area (Å²) < 4.78 is 26.6. The quantitative estimate of drug-likeness (QED) is 0.877. The van der Waals surface area contributed by atoms with Crippen LogP contribution in [-0.4, -0.2) is 31.7 Å². The number of hydrogen-bond acceptors (Lipinski definition) is 3. The number of rotatable bonds is 5. The molecular formula is C20H24N2O3S. The molecule has 2 aromatic carbocycles. The van der Waals surface area contributed by atoms with Crippen molar-refractivity contribution in [1.29, 1.82) is 0 Å². The number of sulfonamides is 1. The summed E-state index contributed by atoms with van der Waals surface area (Å²) in [5.74, 6) is -0.254. The molecule has 0 bridgehead atoms. The monoisotopic (exact) mass is 372 g/mol. The average Bonchev–Trinajstić information content (AvgIpc) is 3.04. The molecule has 1 aliphatic rings. The lowest BCUT2D eigenvalue weighted by atomic mass is 10.1. The Morgan fingerprint density at radius 1 is 1.15 bits per heavy atom. The lowest BCUT2D eigenvalue weighted by molar-refractivity contribution is 0.0936. The first-order chi connectivity index (χ1) is 12.3. The fraction of sp³-hybridized carbons (Fsp3) is 0.350. The number of hydrogen-bond donors (Lipinski definition) is 1. The second kappa shape index (κ2) is 7.21. The molecule has 138 valence electrons. The maximum absolute atomic E-state index is 12.7. The molecule has 26 heavy (non-hydrogen) atoms. The van der Waals surface area contributed by atoms with E-state index in [1.807, 2.05) is 32.0 Å². The molecule has 0 heterocycles. The van der Waals surface area contributed by atoms with Crippen LogP contribution in [0.5, 0.6) is 0 Å². The van der Waals surface area contributed by atoms with Crippen molar-refractivity contribution >= 4 is 15.9 Å². The molecule has 1 atom stereocenters. The molecule has 0 radical (unpaired) electrons. The summed E-state index contributed by atoms with van der Waals surface area (Å²) in [5, 5.41) is 3.03. The van der Waals surface area contributed by atoms with E-state index in [2.05, 4.69) is 11.4 Å². The van der Waals surface area contributed by atoms with Crippen LogP contribution in [0.15, 0.2) is 53.4 Å². The van der Waals surface area contributed by atoms with Crippen LogP contribution in [0.4, 0.5) is 0 Å². The molecule has 0 spiro atoms. The molecule has 3 rings (SSSR count). The third-order valence-electron chi connectivity index (χ3n) is 4.94. The minimum absolute atomic E-state index is 0.0303. The summed E-state index contributed by atoms with van der Waals surface area (Å²) in [7, 11) is -2.07. The Bertz CT molecular complexity index is 922. The van der Waals surface area contributed by atoms with E-state index in [1.54, 1.807) is 19.2 Å². The van der Waals surface area contributed by atoms with Crippen LogP contribution in [0.2, 0.25) is 0 Å². The lowest BCUT2D eigenvalue weighted by Crippen LogP contribution is -2.33. The summed E-state index contributed by atoms with van der Waals surface area (Å²) in [4.78, 5) is 12.8. The van der Waals surface area contributed by atoms with Gasteiger partial charge in [0.25, 0.3) is 5.91 Å². The minimum atomic E-state index is -3.62. The molecule has 1 aliphatic carbocycles. The van der Waals surface area contributed by atoms with Crippen LogP contribution >= 0.6 is 0 Å². The second-order valence-electron chi connectivity index (χ2n) is 6.91. The summed E-state index contributed by atoms with van der Waals surface area (Å²) in [5.41, 5.74) is 2.75. The van der Waals surface area contributed by atoms with Crippen molar-refractivity contribution in [1.82, 2.24) is 9.62 Å². The molecule has 5 nitrogen and oxygen atoms in total. The van der Waals surface area contributed by atoms with Gasteiger partial charge in [-0.3, -0.25) is 4.79 Å². The van der Waals surface area contributed by atoms with Crippen molar-refractivity contribution in [2.24, 2.45) is 0 Å². The van der Waals surface area contributed by atoms with Gasteiger partial charge < -0.3 is 5.32 Å². The van der Waals surface area contributed by atoms with Gasteiger partial charge in [-0.05, 0) is 56.0 Å². The molecule has 2 aromatic rings. The van der Waals surface area contributed by atoms with Crippen molar-refractivity contribution in [2.75, 3.05) is 7.05 Å². The SMILES string of the molecule is CC(C)N(C)S(=O)(=O)c1cccc(C(=O)NC2CCc3ccccc32)c1. The number of aryl methyl sites for hydroxylation is 1. The molecular weight excluding hydrogens is 348 g/mol. The highest BCUT2D eigenvalue weighted by Crippen LogP contribution is 2.31. The largest absolute Gasteiger partial charge is 0.345 e. The number of nitrogens with one attached hydrogen (secondary N) is 1. The van der Waals surface area contributed by atoms with Gasteiger partial charge in [0.15, 0.2) is 0 Å². The lowest BCUT2D eigenvalue weighted by Gasteiger charge is -2.21. The Morgan fingerprint density at radius 3 is 2.62 bits per heavy atom. The van der Waals surface area contributed by atoms with Crippen molar-refractivity contribution in [2.45, 2.75) is 43.7 Å². The first-order valence-corrected chi connectivity index (χ1v) is 10.2. The molecule has 6 heteroatoms. The molecule has 1 unspecified atom stereocenters. The van der Waals surface area contributed by atoms with Gasteiger partial charge in [-0.1, -0.05) is 30.3 Å². The Balaban J connectivity index is 1.82. The number of fused-ring (bicyclic) bond motifs is 1. The number of carbonyl (C=O) groups excluding carboxylic acids is 1. The first-order valence-electron chi connectivity index (χ1n) is 8.77. The highest BCUT2D eigenvalue weighted by atomic mass is 32.2. The zero-order chi connectivity index (χ0) is 18.9. The zero-order valence-electron chi connectivity index (χ0n) is 15.3. The van der Waals surface area contributed by atoms with Crippen molar-refractivity contribution in [3.63, 3.8) is 0 Å². The van der Waals surface area contributed by atoms with Crippen LogP contribution in [-0.2, 0) is 16.4 Å². The van der Waals surface area contributed by atoms with Crippen molar-refractivity contribution in [3.8, 4) is 0 Å². The third-order valence-corrected chi connectivity index (χ3v) is 6.97. The van der Waals surface area contributed by atoms with Crippen LogP contribution in [0.25, 0.3) is 0 Å². The number of amides is 1. The van der Waals surface area contributed by atoms with Crippen LogP contribution < -0.4 is 5.32 Å². The zero-order valence-corrected chi connectivity index (χ0v) is 16.1. The molecule has 0 aliphatic heterocycles. The standard InChI is InChI=1S/C20H24N2O3S/c1-14(2)22(3)26(24,25)17-9-6-8-16(13-17)20(23)21-19-12-11-15-7-4-5-10-18(15)19/h4-10,13-14,19H,11-12H2,1-3H3,(H,21,23). The molecule has 0 aromatic heterocycles. The summed E-state index contributed by atoms with van der Waals surface area (Å²) in [6, 6.07) is 14.1. The normalized spacial score (nSPS) is 16.7. The second-order valence-corrected chi connectivity index (χ2v) is 8.90. The van der Waals surface area contributed by atoms with Gasteiger partial charge in [-0.25, -0.2) is 8.42 Å². The maximum atomic E-state index is 12.7. The molecule has 0 fully saturated rings. The minimum Gasteiger partial charge on any atom is -0.345 e. The third kappa shape index (κ3) is 3.52. The topological polar surface area (TPSA) is 66.5 Å². The van der Waals surface area contributed by atoms with E-state index >= 15 is 0 Å². The van der Waals surface area contributed by atoms with Gasteiger partial charge in [0.05, 0.1) is 10.9 Å². The van der Waals surface area contributed by atoms with E-state index in [-0.39, 0.29) is 22.9 Å². The van der Waals surface area contributed by atoms with E-state index in [0.717, 1.165) is 18.4 Å². The number of carbonyl (C=O) groups is 1. The van der Waals surface area contributed by atoms with E-state index in [0.29, 0.717) is 5.56 Å². The Labute approximate surface area is 155 Å². The highest BCUT2D eigenvalue weighted by molar-refractivity contribution is 7.89. The molecule has 1 amide bonds. The highest BCUT2D eigenvalue weighted by Gasteiger charge is 2.26. The summed E-state index contributed by atoms with van der Waals surface area (Å²) in [6.07, 6.45) is 1.80. The first kappa shape index (κ1) is 18.6. The van der Waals surface area contributed by atoms with Crippen LogP contribution in [0, 0.1) is 0 Å². The van der Waals surface area contributed by atoms with E-state index in [1.165, 1.54) is 22.0 Å². The maximum Gasteiger partial charge on any atom is 0.251 e. The van der Waals surface area contributed by atoms with E-state index in [9.17, 15) is 13.2 Å². The van der Waals surface area contributed by atoms with Crippen molar-refractivity contribution < 1.29 is 13.2 Å². The smallest absolute Gasteiger partial charge is 0.251 e. The molecule has 0 saturated heterocycles. The number of benzene rings is 2. The summed E-state index contributed by atoms with van der Waals surface area (Å²) in [6.45, 7) is 3.62. The van der Waals surface area contributed by atoms with Gasteiger partial charge in [-0.15, -0.1) is 0 Å². The Kier molecular flexibility index (Phi) is 5.16. The number of nitrogens with zero attached hydrogens (tertiary/aromatic N) is 1. The molecule has 1 N–H and O–H groups in total. The van der Waals surface area contributed by atoms with Crippen LogP contribution in [0.3, 0.4) is 0 Å². The van der Waals surface area contributed by atoms with Crippen molar-refractivity contribution in [3.05, 3.63) is 65.2 Å². The average molecular weight is 372 g/mol. The van der Waals surface area contributed by atoms with Gasteiger partial charge in [-0.2, -0.15) is 4.31 Å². The van der Waals surface area contributed by atoms with E-state index < -0.39 is 10.0 Å². The predicted octanol–water partition coefficient (Wildman–Crippen LogP) is 3.13. The van der Waals surface area contributed by atoms with Gasteiger partial charge in [0, 0.05) is 18.7 Å². The summed E-state index contributed by atoms with van der Waals surface area (Å²) >= 11 is 0.